The smallest absolute Gasteiger partial charge is 0.00957 e. The molecule has 2 N–H and O–H groups in total. The molecule has 0 bridgehead atoms. The molecule has 1 unspecified atom stereocenters. The molecule has 1 heteroatoms. The maximum absolute atomic E-state index is 6.51. The van der Waals surface area contributed by atoms with Gasteiger partial charge in [0.25, 0.3) is 0 Å². The van der Waals surface area contributed by atoms with Crippen LogP contribution in [0.3, 0.4) is 0 Å². The second-order valence-corrected chi connectivity index (χ2v) is 6.75. The summed E-state index contributed by atoms with van der Waals surface area (Å²) in [5.41, 5.74) is 7.00. The highest BCUT2D eigenvalue weighted by molar-refractivity contribution is 4.93. The van der Waals surface area contributed by atoms with Crippen LogP contribution in [0.1, 0.15) is 72.6 Å². The average molecular weight is 225 g/mol. The Morgan fingerprint density at radius 3 is 1.94 bits per heavy atom. The molecule has 0 amide bonds. The third-order valence-corrected chi connectivity index (χ3v) is 4.26. The first-order chi connectivity index (χ1) is 7.46. The first-order valence-electron chi connectivity index (χ1n) is 7.22. The zero-order valence-corrected chi connectivity index (χ0v) is 11.8. The van der Waals surface area contributed by atoms with E-state index in [1.54, 1.807) is 0 Å². The van der Waals surface area contributed by atoms with E-state index in [0.717, 1.165) is 11.8 Å². The van der Waals surface area contributed by atoms with E-state index in [2.05, 4.69) is 27.7 Å². The third kappa shape index (κ3) is 3.76. The van der Waals surface area contributed by atoms with Crippen molar-refractivity contribution in [3.8, 4) is 0 Å². The van der Waals surface area contributed by atoms with E-state index in [0.29, 0.717) is 11.5 Å². The molecule has 0 aliphatic heterocycles. The second kappa shape index (κ2) is 6.05. The van der Waals surface area contributed by atoms with E-state index in [1.807, 2.05) is 0 Å². The molecule has 0 radical (unpaired) electrons. The molecule has 0 heterocycles. The van der Waals surface area contributed by atoms with Gasteiger partial charge in [0.05, 0.1) is 0 Å². The van der Waals surface area contributed by atoms with E-state index in [1.165, 1.54) is 44.9 Å². The lowest BCUT2D eigenvalue weighted by Crippen LogP contribution is -2.41. The zero-order chi connectivity index (χ0) is 12.2. The summed E-state index contributed by atoms with van der Waals surface area (Å²) in [6, 6.07) is 0.444. The highest BCUT2D eigenvalue weighted by atomic mass is 14.7. The van der Waals surface area contributed by atoms with Gasteiger partial charge in [-0.05, 0) is 49.4 Å². The van der Waals surface area contributed by atoms with Crippen LogP contribution < -0.4 is 5.73 Å². The fourth-order valence-electron chi connectivity index (χ4n) is 3.44. The van der Waals surface area contributed by atoms with Crippen molar-refractivity contribution in [1.29, 1.82) is 0 Å². The van der Waals surface area contributed by atoms with Crippen LogP contribution in [-0.4, -0.2) is 6.04 Å². The molecular weight excluding hydrogens is 194 g/mol. The number of rotatable bonds is 6. The van der Waals surface area contributed by atoms with Crippen LogP contribution in [0.5, 0.6) is 0 Å². The van der Waals surface area contributed by atoms with E-state index in [4.69, 9.17) is 5.73 Å². The van der Waals surface area contributed by atoms with Crippen LogP contribution in [-0.2, 0) is 0 Å². The van der Waals surface area contributed by atoms with E-state index < -0.39 is 0 Å². The predicted octanol–water partition coefficient (Wildman–Crippen LogP) is 4.36. The molecule has 1 nitrogen and oxygen atoms in total. The average Bonchev–Trinajstić information content (AvgIpc) is 2.62. The quantitative estimate of drug-likeness (QED) is 0.714. The SMILES string of the molecule is CC(C)CCC(N)C1(CC(C)C)CCCC1. The van der Waals surface area contributed by atoms with Gasteiger partial charge in [0.15, 0.2) is 0 Å². The minimum Gasteiger partial charge on any atom is -0.327 e. The van der Waals surface area contributed by atoms with Gasteiger partial charge in [-0.25, -0.2) is 0 Å². The predicted molar refractivity (Wildman–Crippen MR) is 72.4 cm³/mol. The maximum Gasteiger partial charge on any atom is 0.00957 e. The molecular formula is C15H31N. The van der Waals surface area contributed by atoms with Crippen LogP contribution in [0.4, 0.5) is 0 Å². The Labute approximate surface area is 102 Å². The topological polar surface area (TPSA) is 26.0 Å². The van der Waals surface area contributed by atoms with Crippen molar-refractivity contribution in [1.82, 2.24) is 0 Å². The highest BCUT2D eigenvalue weighted by Gasteiger charge is 2.39. The minimum atomic E-state index is 0.444. The lowest BCUT2D eigenvalue weighted by Gasteiger charge is -2.37. The highest BCUT2D eigenvalue weighted by Crippen LogP contribution is 2.46. The van der Waals surface area contributed by atoms with Crippen LogP contribution >= 0.6 is 0 Å². The van der Waals surface area contributed by atoms with Crippen molar-refractivity contribution in [3.63, 3.8) is 0 Å². The fourth-order valence-corrected chi connectivity index (χ4v) is 3.44. The minimum absolute atomic E-state index is 0.444. The largest absolute Gasteiger partial charge is 0.327 e. The van der Waals surface area contributed by atoms with Crippen molar-refractivity contribution < 1.29 is 0 Å². The molecule has 1 rings (SSSR count). The monoisotopic (exact) mass is 225 g/mol. The molecule has 1 atom stereocenters. The second-order valence-electron chi connectivity index (χ2n) is 6.75. The van der Waals surface area contributed by atoms with Crippen molar-refractivity contribution in [2.45, 2.75) is 78.7 Å². The maximum atomic E-state index is 6.51. The van der Waals surface area contributed by atoms with Crippen molar-refractivity contribution >= 4 is 0 Å². The van der Waals surface area contributed by atoms with Gasteiger partial charge in [-0.15, -0.1) is 0 Å². The number of nitrogens with two attached hydrogens (primary N) is 1. The van der Waals surface area contributed by atoms with Crippen LogP contribution in [0.25, 0.3) is 0 Å². The Hall–Kier alpha value is -0.0400. The van der Waals surface area contributed by atoms with Crippen molar-refractivity contribution in [2.75, 3.05) is 0 Å². The first kappa shape index (κ1) is 14.0. The van der Waals surface area contributed by atoms with Gasteiger partial charge < -0.3 is 5.73 Å². The summed E-state index contributed by atoms with van der Waals surface area (Å²) in [7, 11) is 0. The summed E-state index contributed by atoms with van der Waals surface area (Å²) < 4.78 is 0. The van der Waals surface area contributed by atoms with E-state index >= 15 is 0 Å². The summed E-state index contributed by atoms with van der Waals surface area (Å²) in [6.45, 7) is 9.29. The Morgan fingerprint density at radius 1 is 0.938 bits per heavy atom. The summed E-state index contributed by atoms with van der Waals surface area (Å²) in [4.78, 5) is 0. The van der Waals surface area contributed by atoms with Gasteiger partial charge in [-0.3, -0.25) is 0 Å². The van der Waals surface area contributed by atoms with E-state index in [-0.39, 0.29) is 0 Å². The van der Waals surface area contributed by atoms with Gasteiger partial charge in [0.1, 0.15) is 0 Å². The molecule has 0 aromatic rings. The van der Waals surface area contributed by atoms with Crippen LogP contribution in [0, 0.1) is 17.3 Å². The molecule has 0 aromatic heterocycles. The molecule has 0 aromatic carbocycles. The van der Waals surface area contributed by atoms with Gasteiger partial charge in [-0.2, -0.15) is 0 Å². The molecule has 0 saturated heterocycles. The van der Waals surface area contributed by atoms with Crippen LogP contribution in [0.2, 0.25) is 0 Å². The summed E-state index contributed by atoms with van der Waals surface area (Å²) in [5, 5.41) is 0. The molecule has 16 heavy (non-hydrogen) atoms. The summed E-state index contributed by atoms with van der Waals surface area (Å²) in [5.74, 6) is 1.59. The number of hydrogen-bond acceptors (Lipinski definition) is 1. The Balaban J connectivity index is 2.54. The molecule has 1 aliphatic carbocycles. The Morgan fingerprint density at radius 2 is 1.50 bits per heavy atom. The summed E-state index contributed by atoms with van der Waals surface area (Å²) >= 11 is 0. The molecule has 1 fully saturated rings. The summed E-state index contributed by atoms with van der Waals surface area (Å²) in [6.07, 6.45) is 9.43. The molecule has 96 valence electrons. The third-order valence-electron chi connectivity index (χ3n) is 4.26. The molecule has 1 saturated carbocycles. The molecule has 1 aliphatic rings. The normalized spacial score (nSPS) is 21.9. The van der Waals surface area contributed by atoms with Gasteiger partial charge in [0, 0.05) is 6.04 Å². The van der Waals surface area contributed by atoms with Crippen molar-refractivity contribution in [2.24, 2.45) is 23.0 Å². The standard InChI is InChI=1S/C15H31N/c1-12(2)7-8-14(16)15(11-13(3)4)9-5-6-10-15/h12-14H,5-11,16H2,1-4H3. The molecule has 0 spiro atoms. The van der Waals surface area contributed by atoms with Gasteiger partial charge in [0.2, 0.25) is 0 Å². The first-order valence-corrected chi connectivity index (χ1v) is 7.22. The number of hydrogen-bond donors (Lipinski definition) is 1. The fraction of sp³-hybridized carbons (Fsp3) is 1.00. The van der Waals surface area contributed by atoms with Crippen LogP contribution in [0.15, 0.2) is 0 Å². The zero-order valence-electron chi connectivity index (χ0n) is 11.8. The lowest BCUT2D eigenvalue weighted by atomic mass is 9.71. The van der Waals surface area contributed by atoms with Gasteiger partial charge >= 0.3 is 0 Å². The van der Waals surface area contributed by atoms with Crippen molar-refractivity contribution in [3.05, 3.63) is 0 Å². The Bertz CT molecular complexity index is 190. The van der Waals surface area contributed by atoms with Gasteiger partial charge in [-0.1, -0.05) is 40.5 Å². The Kier molecular flexibility index (Phi) is 5.30. The van der Waals surface area contributed by atoms with E-state index in [9.17, 15) is 0 Å². The lowest BCUT2D eigenvalue weighted by molar-refractivity contribution is 0.170.